The summed E-state index contributed by atoms with van der Waals surface area (Å²) in [6, 6.07) is 8.81. The van der Waals surface area contributed by atoms with Crippen molar-refractivity contribution in [3.05, 3.63) is 30.3 Å². The number of aliphatic carboxylic acids is 1. The zero-order valence-corrected chi connectivity index (χ0v) is 10.8. The number of carboxylic acids is 1. The normalized spacial score (nSPS) is 22.2. The van der Waals surface area contributed by atoms with Gasteiger partial charge in [0.1, 0.15) is 12.1 Å². The predicted octanol–water partition coefficient (Wildman–Crippen LogP) is 1.67. The van der Waals surface area contributed by atoms with Crippen LogP contribution in [0, 0.1) is 0 Å². The summed E-state index contributed by atoms with van der Waals surface area (Å²) < 4.78 is 5.50. The topological polar surface area (TPSA) is 66.8 Å². The molecule has 0 aromatic heterocycles. The van der Waals surface area contributed by atoms with E-state index in [2.05, 4.69) is 0 Å². The molecule has 1 amide bonds. The van der Waals surface area contributed by atoms with Crippen LogP contribution in [0.4, 0.5) is 5.69 Å². The van der Waals surface area contributed by atoms with Gasteiger partial charge in [0.15, 0.2) is 0 Å². The summed E-state index contributed by atoms with van der Waals surface area (Å²) in [7, 11) is 0. The standard InChI is InChI=1S/C14H17NO4/c1-14(8-5-9-19-14)13(18)15(10-12(16)17)11-6-3-2-4-7-11/h2-4,6-7H,5,8-10H2,1H3,(H,16,17). The molecule has 2 rings (SSSR count). The quantitative estimate of drug-likeness (QED) is 0.897. The number of ether oxygens (including phenoxy) is 1. The van der Waals surface area contributed by atoms with Gasteiger partial charge in [-0.05, 0) is 31.9 Å². The molecule has 1 aromatic rings. The van der Waals surface area contributed by atoms with Crippen LogP contribution < -0.4 is 4.90 Å². The average molecular weight is 263 g/mol. The number of hydrogen-bond acceptors (Lipinski definition) is 3. The minimum absolute atomic E-state index is 0.293. The fraction of sp³-hybridized carbons (Fsp3) is 0.429. The van der Waals surface area contributed by atoms with Crippen LogP contribution in [-0.2, 0) is 14.3 Å². The summed E-state index contributed by atoms with van der Waals surface area (Å²) in [6.07, 6.45) is 1.44. The highest BCUT2D eigenvalue weighted by molar-refractivity contribution is 6.02. The molecule has 1 fully saturated rings. The highest BCUT2D eigenvalue weighted by atomic mass is 16.5. The molecule has 19 heavy (non-hydrogen) atoms. The van der Waals surface area contributed by atoms with Gasteiger partial charge in [0.2, 0.25) is 0 Å². The van der Waals surface area contributed by atoms with E-state index in [0.29, 0.717) is 18.7 Å². The average Bonchev–Trinajstić information content (AvgIpc) is 2.84. The molecule has 102 valence electrons. The van der Waals surface area contributed by atoms with Gasteiger partial charge in [-0.15, -0.1) is 0 Å². The monoisotopic (exact) mass is 263 g/mol. The van der Waals surface area contributed by atoms with Crippen LogP contribution in [0.15, 0.2) is 30.3 Å². The molecule has 1 aliphatic rings. The number of anilines is 1. The number of hydrogen-bond donors (Lipinski definition) is 1. The number of rotatable bonds is 4. The second-order valence-corrected chi connectivity index (χ2v) is 4.80. The Hall–Kier alpha value is -1.88. The van der Waals surface area contributed by atoms with Crippen LogP contribution in [0.2, 0.25) is 0 Å². The van der Waals surface area contributed by atoms with E-state index in [0.717, 1.165) is 6.42 Å². The first-order valence-corrected chi connectivity index (χ1v) is 6.26. The first kappa shape index (κ1) is 13.5. The minimum Gasteiger partial charge on any atom is -0.480 e. The lowest BCUT2D eigenvalue weighted by atomic mass is 10.0. The summed E-state index contributed by atoms with van der Waals surface area (Å²) in [5.41, 5.74) is -0.336. The van der Waals surface area contributed by atoms with Crippen molar-refractivity contribution in [2.45, 2.75) is 25.4 Å². The van der Waals surface area contributed by atoms with Gasteiger partial charge >= 0.3 is 5.97 Å². The fourth-order valence-electron chi connectivity index (χ4n) is 2.26. The van der Waals surface area contributed by atoms with E-state index < -0.39 is 11.6 Å². The molecule has 1 aromatic carbocycles. The number of para-hydroxylation sites is 1. The molecule has 0 saturated carbocycles. The number of benzene rings is 1. The van der Waals surface area contributed by atoms with Crippen LogP contribution in [0.1, 0.15) is 19.8 Å². The Morgan fingerprint density at radius 2 is 2.05 bits per heavy atom. The first-order chi connectivity index (χ1) is 9.03. The second-order valence-electron chi connectivity index (χ2n) is 4.80. The van der Waals surface area contributed by atoms with Gasteiger partial charge < -0.3 is 9.84 Å². The van der Waals surface area contributed by atoms with Crippen LogP contribution in [0.25, 0.3) is 0 Å². The first-order valence-electron chi connectivity index (χ1n) is 6.26. The van der Waals surface area contributed by atoms with Crippen molar-refractivity contribution in [2.24, 2.45) is 0 Å². The molecule has 1 saturated heterocycles. The smallest absolute Gasteiger partial charge is 0.323 e. The van der Waals surface area contributed by atoms with Crippen LogP contribution in [0.5, 0.6) is 0 Å². The zero-order chi connectivity index (χ0) is 13.9. The van der Waals surface area contributed by atoms with Gasteiger partial charge in [-0.2, -0.15) is 0 Å². The van der Waals surface area contributed by atoms with Gasteiger partial charge in [0.25, 0.3) is 5.91 Å². The van der Waals surface area contributed by atoms with E-state index in [-0.39, 0.29) is 12.5 Å². The largest absolute Gasteiger partial charge is 0.480 e. The number of amides is 1. The maximum absolute atomic E-state index is 12.5. The third-order valence-corrected chi connectivity index (χ3v) is 3.28. The Morgan fingerprint density at radius 1 is 1.37 bits per heavy atom. The van der Waals surface area contributed by atoms with Crippen molar-refractivity contribution >= 4 is 17.6 Å². The Labute approximate surface area is 111 Å². The zero-order valence-electron chi connectivity index (χ0n) is 10.8. The summed E-state index contributed by atoms with van der Waals surface area (Å²) in [5, 5.41) is 8.99. The number of nitrogens with zero attached hydrogens (tertiary/aromatic N) is 1. The molecule has 5 nitrogen and oxygen atoms in total. The molecule has 5 heteroatoms. The van der Waals surface area contributed by atoms with Crippen molar-refractivity contribution < 1.29 is 19.4 Å². The van der Waals surface area contributed by atoms with Gasteiger partial charge in [-0.25, -0.2) is 0 Å². The summed E-state index contributed by atoms with van der Waals surface area (Å²) in [6.45, 7) is 1.90. The van der Waals surface area contributed by atoms with Crippen molar-refractivity contribution in [1.29, 1.82) is 0 Å². The second kappa shape index (κ2) is 5.40. The fourth-order valence-corrected chi connectivity index (χ4v) is 2.26. The molecule has 1 heterocycles. The Bertz CT molecular complexity index is 466. The number of carboxylic acid groups (broad SMARTS) is 1. The summed E-state index contributed by atoms with van der Waals surface area (Å²) in [5.74, 6) is -1.34. The maximum atomic E-state index is 12.5. The van der Waals surface area contributed by atoms with Crippen LogP contribution >= 0.6 is 0 Å². The third kappa shape index (κ3) is 2.93. The van der Waals surface area contributed by atoms with Crippen molar-refractivity contribution in [2.75, 3.05) is 18.1 Å². The molecular formula is C14H17NO4. The lowest BCUT2D eigenvalue weighted by molar-refractivity contribution is -0.141. The molecule has 0 spiro atoms. The molecular weight excluding hydrogens is 246 g/mol. The maximum Gasteiger partial charge on any atom is 0.323 e. The molecule has 1 N–H and O–H groups in total. The van der Waals surface area contributed by atoms with Gasteiger partial charge in [0.05, 0.1) is 0 Å². The van der Waals surface area contributed by atoms with E-state index in [4.69, 9.17) is 9.84 Å². The van der Waals surface area contributed by atoms with Crippen molar-refractivity contribution in [3.8, 4) is 0 Å². The summed E-state index contributed by atoms with van der Waals surface area (Å²) >= 11 is 0. The number of carbonyl (C=O) groups excluding carboxylic acids is 1. The van der Waals surface area contributed by atoms with E-state index in [1.165, 1.54) is 4.90 Å². The Kier molecular flexibility index (Phi) is 3.85. The Balaban J connectivity index is 2.27. The molecule has 0 radical (unpaired) electrons. The SMILES string of the molecule is CC1(C(=O)N(CC(=O)O)c2ccccc2)CCCO1. The number of carbonyl (C=O) groups is 2. The molecule has 1 atom stereocenters. The third-order valence-electron chi connectivity index (χ3n) is 3.28. The minimum atomic E-state index is -1.04. The van der Waals surface area contributed by atoms with E-state index in [1.54, 1.807) is 31.2 Å². The predicted molar refractivity (Wildman–Crippen MR) is 70.0 cm³/mol. The Morgan fingerprint density at radius 3 is 2.58 bits per heavy atom. The molecule has 0 aliphatic carbocycles. The molecule has 1 unspecified atom stereocenters. The van der Waals surface area contributed by atoms with E-state index in [9.17, 15) is 9.59 Å². The van der Waals surface area contributed by atoms with Crippen LogP contribution in [0.3, 0.4) is 0 Å². The molecule has 1 aliphatic heterocycles. The van der Waals surface area contributed by atoms with Gasteiger partial charge in [-0.1, -0.05) is 18.2 Å². The van der Waals surface area contributed by atoms with E-state index in [1.807, 2.05) is 6.07 Å². The summed E-state index contributed by atoms with van der Waals surface area (Å²) in [4.78, 5) is 24.8. The van der Waals surface area contributed by atoms with Crippen molar-refractivity contribution in [1.82, 2.24) is 0 Å². The van der Waals surface area contributed by atoms with E-state index >= 15 is 0 Å². The molecule has 0 bridgehead atoms. The lowest BCUT2D eigenvalue weighted by Gasteiger charge is -2.30. The lowest BCUT2D eigenvalue weighted by Crippen LogP contribution is -2.48. The van der Waals surface area contributed by atoms with Crippen molar-refractivity contribution in [3.63, 3.8) is 0 Å². The van der Waals surface area contributed by atoms with Gasteiger partial charge in [0, 0.05) is 12.3 Å². The highest BCUT2D eigenvalue weighted by Crippen LogP contribution is 2.29. The highest BCUT2D eigenvalue weighted by Gasteiger charge is 2.41. The van der Waals surface area contributed by atoms with Crippen LogP contribution in [-0.4, -0.2) is 35.7 Å². The van der Waals surface area contributed by atoms with Gasteiger partial charge in [-0.3, -0.25) is 14.5 Å².